The van der Waals surface area contributed by atoms with Crippen LogP contribution in [0.2, 0.25) is 5.02 Å². The van der Waals surface area contributed by atoms with E-state index in [1.165, 1.54) is 11.1 Å². The van der Waals surface area contributed by atoms with Crippen LogP contribution in [0.5, 0.6) is 0 Å². The van der Waals surface area contributed by atoms with E-state index >= 15 is 0 Å². The van der Waals surface area contributed by atoms with Crippen molar-refractivity contribution in [3.63, 3.8) is 0 Å². The van der Waals surface area contributed by atoms with Crippen LogP contribution in [0.1, 0.15) is 42.5 Å². The van der Waals surface area contributed by atoms with Crippen molar-refractivity contribution in [3.8, 4) is 0 Å². The van der Waals surface area contributed by atoms with Gasteiger partial charge in [0.2, 0.25) is 0 Å². The van der Waals surface area contributed by atoms with E-state index in [0.29, 0.717) is 0 Å². The first-order valence-electron chi connectivity index (χ1n) is 9.28. The molecule has 0 amide bonds. The first kappa shape index (κ1) is 18.7. The van der Waals surface area contributed by atoms with Gasteiger partial charge in [0.15, 0.2) is 0 Å². The molecule has 0 radical (unpaired) electrons. The highest BCUT2D eigenvalue weighted by Gasteiger charge is 2.50. The molecular formula is C22H21BrClNO2. The molecule has 1 aromatic heterocycles. The summed E-state index contributed by atoms with van der Waals surface area (Å²) >= 11 is 9.70. The average molecular weight is 447 g/mol. The molecule has 5 unspecified atom stereocenters. The number of halogens is 2. The van der Waals surface area contributed by atoms with E-state index in [0.717, 1.165) is 21.6 Å². The van der Waals surface area contributed by atoms with E-state index in [9.17, 15) is 4.79 Å². The van der Waals surface area contributed by atoms with E-state index in [2.05, 4.69) is 41.1 Å². The van der Waals surface area contributed by atoms with Gasteiger partial charge >= 0.3 is 5.97 Å². The van der Waals surface area contributed by atoms with Gasteiger partial charge in [-0.1, -0.05) is 36.7 Å². The van der Waals surface area contributed by atoms with Crippen molar-refractivity contribution < 1.29 is 9.53 Å². The molecule has 0 N–H and O–H groups in total. The lowest BCUT2D eigenvalue weighted by Crippen LogP contribution is -2.33. The molecule has 5 heteroatoms. The second-order valence-corrected chi connectivity index (χ2v) is 8.63. The third-order valence-corrected chi connectivity index (χ3v) is 6.50. The molecule has 1 aromatic carbocycles. The molecule has 2 aliphatic rings. The second-order valence-electron chi connectivity index (χ2n) is 7.28. The van der Waals surface area contributed by atoms with Crippen LogP contribution < -0.4 is 0 Å². The maximum atomic E-state index is 12.3. The first-order chi connectivity index (χ1) is 13.0. The number of pyridine rings is 1. The Hall–Kier alpha value is -1.65. The summed E-state index contributed by atoms with van der Waals surface area (Å²) in [6.45, 7) is 4.13. The summed E-state index contributed by atoms with van der Waals surface area (Å²) in [5.74, 6) is -0.0631. The van der Waals surface area contributed by atoms with Crippen LogP contribution in [0.15, 0.2) is 53.2 Å². The van der Waals surface area contributed by atoms with Gasteiger partial charge in [-0.25, -0.2) is 0 Å². The largest absolute Gasteiger partial charge is 0.462 e. The fourth-order valence-electron chi connectivity index (χ4n) is 4.58. The van der Waals surface area contributed by atoms with Gasteiger partial charge in [0.05, 0.1) is 5.92 Å². The van der Waals surface area contributed by atoms with Gasteiger partial charge in [0, 0.05) is 39.1 Å². The Morgan fingerprint density at radius 1 is 1.19 bits per heavy atom. The summed E-state index contributed by atoms with van der Waals surface area (Å²) in [6, 6.07) is 10.2. The Labute approximate surface area is 172 Å². The highest BCUT2D eigenvalue weighted by molar-refractivity contribution is 9.10. The Morgan fingerprint density at radius 2 is 1.96 bits per heavy atom. The van der Waals surface area contributed by atoms with Crippen molar-refractivity contribution in [2.24, 2.45) is 11.8 Å². The van der Waals surface area contributed by atoms with Crippen molar-refractivity contribution >= 4 is 33.5 Å². The maximum absolute atomic E-state index is 12.3. The van der Waals surface area contributed by atoms with E-state index in [4.69, 9.17) is 21.3 Å². The van der Waals surface area contributed by atoms with Gasteiger partial charge in [-0.3, -0.25) is 9.78 Å². The van der Waals surface area contributed by atoms with E-state index in [-0.39, 0.29) is 35.7 Å². The molecule has 0 saturated carbocycles. The number of esters is 1. The van der Waals surface area contributed by atoms with Gasteiger partial charge < -0.3 is 4.74 Å². The third-order valence-electron chi connectivity index (χ3n) is 5.80. The minimum Gasteiger partial charge on any atom is -0.462 e. The van der Waals surface area contributed by atoms with Crippen LogP contribution in [0.3, 0.4) is 0 Å². The van der Waals surface area contributed by atoms with Crippen molar-refractivity contribution in [1.82, 2.24) is 4.98 Å². The Bertz CT molecular complexity index is 896. The molecule has 1 aliphatic heterocycles. The standard InChI is InChI=1S/C22H21BrClNO2/c1-3-13-10-15(24)5-6-16(13)17-7-8-18-20(12(2)27-22(18)26)21(17)19-9-4-14(23)11-25-19/h4-12,17-18,20-21H,3H2,1-2H3. The lowest BCUT2D eigenvalue weighted by atomic mass is 9.65. The molecule has 27 heavy (non-hydrogen) atoms. The van der Waals surface area contributed by atoms with Crippen LogP contribution in [-0.4, -0.2) is 17.1 Å². The van der Waals surface area contributed by atoms with Crippen molar-refractivity contribution in [2.75, 3.05) is 0 Å². The monoisotopic (exact) mass is 445 g/mol. The van der Waals surface area contributed by atoms with Crippen molar-refractivity contribution in [1.29, 1.82) is 0 Å². The second kappa shape index (κ2) is 7.40. The van der Waals surface area contributed by atoms with Crippen molar-refractivity contribution in [3.05, 3.63) is 75.0 Å². The smallest absolute Gasteiger partial charge is 0.313 e. The van der Waals surface area contributed by atoms with Gasteiger partial charge in [0.1, 0.15) is 6.10 Å². The van der Waals surface area contributed by atoms with Crippen LogP contribution >= 0.6 is 27.5 Å². The lowest BCUT2D eigenvalue weighted by molar-refractivity contribution is -0.142. The predicted octanol–water partition coefficient (Wildman–Crippen LogP) is 5.67. The number of carbonyl (C=O) groups excluding carboxylic acids is 1. The number of cyclic esters (lactones) is 1. The zero-order valence-electron chi connectivity index (χ0n) is 15.2. The summed E-state index contributed by atoms with van der Waals surface area (Å²) < 4.78 is 6.54. The molecule has 140 valence electrons. The van der Waals surface area contributed by atoms with Gasteiger partial charge in [0.25, 0.3) is 0 Å². The Morgan fingerprint density at radius 3 is 2.67 bits per heavy atom. The number of aryl methyl sites for hydroxylation is 1. The normalized spacial score (nSPS) is 29.5. The zero-order chi connectivity index (χ0) is 19.1. The molecular weight excluding hydrogens is 426 g/mol. The molecule has 5 atom stereocenters. The number of hydrogen-bond acceptors (Lipinski definition) is 3. The number of nitrogens with zero attached hydrogens (tertiary/aromatic N) is 1. The van der Waals surface area contributed by atoms with Crippen LogP contribution in [0, 0.1) is 11.8 Å². The fraction of sp³-hybridized carbons (Fsp3) is 0.364. The van der Waals surface area contributed by atoms with Crippen LogP contribution in [-0.2, 0) is 16.0 Å². The molecule has 0 bridgehead atoms. The molecule has 2 aromatic rings. The lowest BCUT2D eigenvalue weighted by Gasteiger charge is -2.36. The minimum absolute atomic E-state index is 0.0704. The highest BCUT2D eigenvalue weighted by atomic mass is 79.9. The van der Waals surface area contributed by atoms with E-state index in [1.54, 1.807) is 0 Å². The van der Waals surface area contributed by atoms with Gasteiger partial charge in [-0.15, -0.1) is 0 Å². The van der Waals surface area contributed by atoms with Gasteiger partial charge in [-0.2, -0.15) is 0 Å². The van der Waals surface area contributed by atoms with Crippen molar-refractivity contribution in [2.45, 2.75) is 38.2 Å². The summed E-state index contributed by atoms with van der Waals surface area (Å²) in [4.78, 5) is 17.0. The number of hydrogen-bond donors (Lipinski definition) is 0. The molecule has 1 fully saturated rings. The molecule has 2 heterocycles. The quantitative estimate of drug-likeness (QED) is 0.450. The topological polar surface area (TPSA) is 39.2 Å². The molecule has 3 nitrogen and oxygen atoms in total. The number of rotatable bonds is 3. The number of allylic oxidation sites excluding steroid dienone is 1. The molecule has 4 rings (SSSR count). The highest BCUT2D eigenvalue weighted by Crippen LogP contribution is 2.51. The fourth-order valence-corrected chi connectivity index (χ4v) is 5.01. The maximum Gasteiger partial charge on any atom is 0.313 e. The minimum atomic E-state index is -0.205. The van der Waals surface area contributed by atoms with Crippen LogP contribution in [0.25, 0.3) is 0 Å². The average Bonchev–Trinajstić information content (AvgIpc) is 2.96. The molecule has 1 saturated heterocycles. The summed E-state index contributed by atoms with van der Waals surface area (Å²) in [7, 11) is 0. The molecule has 0 spiro atoms. The zero-order valence-corrected chi connectivity index (χ0v) is 17.6. The summed E-state index contributed by atoms with van der Waals surface area (Å²) in [6.07, 6.45) is 6.79. The summed E-state index contributed by atoms with van der Waals surface area (Å²) in [5, 5.41) is 0.749. The number of benzene rings is 1. The van der Waals surface area contributed by atoms with E-state index < -0.39 is 0 Å². The van der Waals surface area contributed by atoms with Crippen LogP contribution in [0.4, 0.5) is 0 Å². The number of ether oxygens (including phenoxy) is 1. The van der Waals surface area contributed by atoms with Gasteiger partial charge in [-0.05, 0) is 64.7 Å². The Kier molecular flexibility index (Phi) is 5.13. The third kappa shape index (κ3) is 3.34. The number of carbonyl (C=O) groups is 1. The summed E-state index contributed by atoms with van der Waals surface area (Å²) in [5.41, 5.74) is 3.47. The predicted molar refractivity (Wildman–Crippen MR) is 110 cm³/mol. The number of fused-ring (bicyclic) bond motifs is 1. The molecule has 1 aliphatic carbocycles. The van der Waals surface area contributed by atoms with E-state index in [1.807, 2.05) is 37.4 Å². The Balaban J connectivity index is 1.86. The first-order valence-corrected chi connectivity index (χ1v) is 10.4. The SMILES string of the molecule is CCc1cc(Cl)ccc1C1C=CC2C(=O)OC(C)C2C1c1ccc(Br)cn1. The number of aromatic nitrogens is 1.